The summed E-state index contributed by atoms with van der Waals surface area (Å²) in [5.74, 6) is 0. The first-order valence-electron chi connectivity index (χ1n) is 5.82. The standard InChI is InChI=1S/C13H23NO2/c1-4-5-6-7-8-9-10-13(2,3)11-16-12(14)15/h8,10H,4-7,11H2,1-3H3,(H2,14,15). The molecule has 0 aromatic carbocycles. The zero-order chi connectivity index (χ0) is 12.4. The molecule has 0 aromatic heterocycles. The third kappa shape index (κ3) is 9.35. The topological polar surface area (TPSA) is 52.3 Å². The molecule has 0 spiro atoms. The molecule has 0 atom stereocenters. The van der Waals surface area contributed by atoms with Crippen molar-refractivity contribution in [3.8, 4) is 0 Å². The van der Waals surface area contributed by atoms with Gasteiger partial charge in [-0.2, -0.15) is 0 Å². The summed E-state index contributed by atoms with van der Waals surface area (Å²) in [7, 11) is 0. The fourth-order valence-corrected chi connectivity index (χ4v) is 1.16. The molecule has 16 heavy (non-hydrogen) atoms. The van der Waals surface area contributed by atoms with Crippen molar-refractivity contribution >= 4 is 6.09 Å². The number of amides is 1. The van der Waals surface area contributed by atoms with Crippen molar-refractivity contribution < 1.29 is 9.53 Å². The minimum atomic E-state index is -0.728. The number of carbonyl (C=O) groups is 1. The summed E-state index contributed by atoms with van der Waals surface area (Å²) in [6.07, 6.45) is 7.96. The average molecular weight is 225 g/mol. The van der Waals surface area contributed by atoms with Crippen LogP contribution in [0.3, 0.4) is 0 Å². The average Bonchev–Trinajstić information content (AvgIpc) is 2.21. The number of nitrogens with two attached hydrogens (primary N) is 1. The normalized spacial score (nSPS) is 10.4. The highest BCUT2D eigenvalue weighted by molar-refractivity contribution is 5.64. The zero-order valence-electron chi connectivity index (χ0n) is 10.6. The van der Waals surface area contributed by atoms with E-state index >= 15 is 0 Å². The van der Waals surface area contributed by atoms with E-state index in [4.69, 9.17) is 10.5 Å². The molecular formula is C13H23NO2. The molecule has 0 saturated carbocycles. The minimum absolute atomic E-state index is 0.212. The molecule has 0 bridgehead atoms. The maximum Gasteiger partial charge on any atom is 0.404 e. The molecule has 0 aliphatic heterocycles. The highest BCUT2D eigenvalue weighted by Crippen LogP contribution is 2.16. The highest BCUT2D eigenvalue weighted by Gasteiger charge is 2.15. The van der Waals surface area contributed by atoms with Crippen molar-refractivity contribution in [1.29, 1.82) is 0 Å². The third-order valence-corrected chi connectivity index (χ3v) is 2.13. The van der Waals surface area contributed by atoms with Crippen LogP contribution in [0.5, 0.6) is 0 Å². The second-order valence-corrected chi connectivity index (χ2v) is 4.61. The predicted octanol–water partition coefficient (Wildman–Crippen LogP) is 3.40. The van der Waals surface area contributed by atoms with Crippen LogP contribution in [-0.2, 0) is 4.74 Å². The summed E-state index contributed by atoms with van der Waals surface area (Å²) >= 11 is 0. The van der Waals surface area contributed by atoms with Gasteiger partial charge in [0.05, 0.1) is 0 Å². The first-order valence-corrected chi connectivity index (χ1v) is 5.82. The van der Waals surface area contributed by atoms with Crippen molar-refractivity contribution in [2.75, 3.05) is 6.61 Å². The highest BCUT2D eigenvalue weighted by atomic mass is 16.5. The molecule has 0 saturated heterocycles. The van der Waals surface area contributed by atoms with E-state index in [2.05, 4.69) is 12.7 Å². The first kappa shape index (κ1) is 14.8. The second-order valence-electron chi connectivity index (χ2n) is 4.61. The molecule has 0 fully saturated rings. The summed E-state index contributed by atoms with van der Waals surface area (Å²) in [5.41, 5.74) is 7.82. The number of unbranched alkanes of at least 4 members (excludes halogenated alkanes) is 3. The molecule has 1 amide bonds. The smallest absolute Gasteiger partial charge is 0.404 e. The van der Waals surface area contributed by atoms with Gasteiger partial charge in [-0.3, -0.25) is 0 Å². The lowest BCUT2D eigenvalue weighted by Crippen LogP contribution is -2.22. The number of hydrogen-bond acceptors (Lipinski definition) is 2. The van der Waals surface area contributed by atoms with Crippen LogP contribution < -0.4 is 5.73 Å². The summed E-state index contributed by atoms with van der Waals surface area (Å²) in [4.78, 5) is 10.5. The first-order chi connectivity index (χ1) is 7.48. The van der Waals surface area contributed by atoms with Crippen LogP contribution in [-0.4, -0.2) is 12.7 Å². The molecule has 0 unspecified atom stereocenters. The molecule has 92 valence electrons. The van der Waals surface area contributed by atoms with Gasteiger partial charge in [-0.05, 0) is 25.0 Å². The van der Waals surface area contributed by atoms with Crippen molar-refractivity contribution in [2.45, 2.75) is 46.5 Å². The van der Waals surface area contributed by atoms with E-state index in [1.807, 2.05) is 26.0 Å². The van der Waals surface area contributed by atoms with E-state index in [9.17, 15) is 4.79 Å². The Morgan fingerprint density at radius 3 is 2.69 bits per heavy atom. The maximum absolute atomic E-state index is 10.5. The molecule has 0 heterocycles. The summed E-state index contributed by atoms with van der Waals surface area (Å²) in [5, 5.41) is 0. The molecule has 3 nitrogen and oxygen atoms in total. The molecule has 0 aliphatic rings. The lowest BCUT2D eigenvalue weighted by Gasteiger charge is -2.17. The lowest BCUT2D eigenvalue weighted by atomic mass is 9.95. The van der Waals surface area contributed by atoms with Crippen molar-refractivity contribution in [2.24, 2.45) is 11.1 Å². The van der Waals surface area contributed by atoms with Crippen LogP contribution in [0.4, 0.5) is 4.79 Å². The van der Waals surface area contributed by atoms with Gasteiger partial charge in [0.1, 0.15) is 6.61 Å². The second kappa shape index (κ2) is 8.00. The molecule has 0 radical (unpaired) electrons. The molecule has 2 N–H and O–H groups in total. The Hall–Kier alpha value is -1.21. The van der Waals surface area contributed by atoms with Crippen molar-refractivity contribution in [3.05, 3.63) is 17.9 Å². The Balaban J connectivity index is 3.93. The van der Waals surface area contributed by atoms with Gasteiger partial charge in [0.25, 0.3) is 0 Å². The van der Waals surface area contributed by atoms with Gasteiger partial charge >= 0.3 is 6.09 Å². The number of carbonyl (C=O) groups excluding carboxylic acids is 1. The van der Waals surface area contributed by atoms with E-state index in [0.717, 1.165) is 6.42 Å². The van der Waals surface area contributed by atoms with Gasteiger partial charge in [-0.15, -0.1) is 5.73 Å². The summed E-state index contributed by atoms with van der Waals surface area (Å²) in [6.45, 7) is 6.42. The number of ether oxygens (including phenoxy) is 1. The Labute approximate surface area is 98.4 Å². The van der Waals surface area contributed by atoms with Crippen LogP contribution in [0, 0.1) is 5.41 Å². The van der Waals surface area contributed by atoms with Gasteiger partial charge in [0.2, 0.25) is 0 Å². The third-order valence-electron chi connectivity index (χ3n) is 2.13. The van der Waals surface area contributed by atoms with Crippen LogP contribution in [0.2, 0.25) is 0 Å². The number of rotatable bonds is 7. The van der Waals surface area contributed by atoms with E-state index < -0.39 is 6.09 Å². The van der Waals surface area contributed by atoms with E-state index in [-0.39, 0.29) is 12.0 Å². The van der Waals surface area contributed by atoms with Crippen molar-refractivity contribution in [1.82, 2.24) is 0 Å². The maximum atomic E-state index is 10.5. The zero-order valence-corrected chi connectivity index (χ0v) is 10.6. The van der Waals surface area contributed by atoms with E-state index in [0.29, 0.717) is 0 Å². The Kier molecular flexibility index (Phi) is 7.40. The fourth-order valence-electron chi connectivity index (χ4n) is 1.16. The van der Waals surface area contributed by atoms with Gasteiger partial charge in [-0.25, -0.2) is 4.79 Å². The predicted molar refractivity (Wildman–Crippen MR) is 66.1 cm³/mol. The fraction of sp³-hybridized carbons (Fsp3) is 0.692. The monoisotopic (exact) mass is 225 g/mol. The van der Waals surface area contributed by atoms with Crippen LogP contribution in [0.1, 0.15) is 46.5 Å². The Morgan fingerprint density at radius 1 is 1.44 bits per heavy atom. The molecule has 0 aromatic rings. The molecule has 0 rings (SSSR count). The van der Waals surface area contributed by atoms with Gasteiger partial charge in [0.15, 0.2) is 0 Å². The Morgan fingerprint density at radius 2 is 2.12 bits per heavy atom. The van der Waals surface area contributed by atoms with Crippen LogP contribution in [0.25, 0.3) is 0 Å². The molecule has 3 heteroatoms. The minimum Gasteiger partial charge on any atom is -0.449 e. The number of primary amides is 1. The summed E-state index contributed by atoms with van der Waals surface area (Å²) < 4.78 is 4.76. The van der Waals surface area contributed by atoms with Crippen LogP contribution >= 0.6 is 0 Å². The summed E-state index contributed by atoms with van der Waals surface area (Å²) in [6, 6.07) is 0. The van der Waals surface area contributed by atoms with Gasteiger partial charge in [0, 0.05) is 5.41 Å². The number of hydrogen-bond donors (Lipinski definition) is 1. The van der Waals surface area contributed by atoms with E-state index in [1.165, 1.54) is 19.3 Å². The largest absolute Gasteiger partial charge is 0.449 e. The lowest BCUT2D eigenvalue weighted by molar-refractivity contribution is 0.125. The quantitative estimate of drug-likeness (QED) is 0.533. The van der Waals surface area contributed by atoms with E-state index in [1.54, 1.807) is 0 Å². The van der Waals surface area contributed by atoms with Crippen molar-refractivity contribution in [3.63, 3.8) is 0 Å². The van der Waals surface area contributed by atoms with Gasteiger partial charge < -0.3 is 10.5 Å². The SMILES string of the molecule is CCCCCC=C=CC(C)(C)COC(N)=O. The Bertz CT molecular complexity index is 263. The van der Waals surface area contributed by atoms with Crippen LogP contribution in [0.15, 0.2) is 17.9 Å². The molecular weight excluding hydrogens is 202 g/mol. The molecule has 0 aliphatic carbocycles. The van der Waals surface area contributed by atoms with Gasteiger partial charge in [-0.1, -0.05) is 33.6 Å².